The van der Waals surface area contributed by atoms with Crippen LogP contribution in [0, 0.1) is 5.92 Å². The number of rotatable bonds is 2. The van der Waals surface area contributed by atoms with Gasteiger partial charge in [-0.25, -0.2) is 0 Å². The number of aromatic nitrogens is 3. The molecule has 16 heavy (non-hydrogen) atoms. The van der Waals surface area contributed by atoms with Gasteiger partial charge < -0.3 is 15.7 Å². The number of anilines is 1. The Morgan fingerprint density at radius 3 is 2.75 bits per heavy atom. The molecular formula is C9H13N5O2. The third-order valence-electron chi connectivity index (χ3n) is 3.26. The normalized spacial score (nSPS) is 22.9. The largest absolute Gasteiger partial charge is 0.386 e. The number of nitrogens with two attached hydrogens (primary N) is 1. The molecule has 3 rings (SSSR count). The molecule has 1 saturated carbocycles. The van der Waals surface area contributed by atoms with Crippen molar-refractivity contribution in [2.75, 3.05) is 18.8 Å². The zero-order valence-corrected chi connectivity index (χ0v) is 8.68. The summed E-state index contributed by atoms with van der Waals surface area (Å²) in [6.07, 6.45) is 2.13. The number of aliphatic hydroxyl groups is 1. The molecule has 0 spiro atoms. The number of β-amino-alcohol motifs (C(OH)–C–C–N with tert-alkyl or cyclic N) is 1. The van der Waals surface area contributed by atoms with E-state index in [1.165, 1.54) is 0 Å². The molecule has 7 heteroatoms. The van der Waals surface area contributed by atoms with E-state index in [9.17, 15) is 9.90 Å². The number of nitrogens with one attached hydrogen (secondary N) is 1. The summed E-state index contributed by atoms with van der Waals surface area (Å²) in [5.74, 6) is 0.308. The molecule has 1 aromatic rings. The highest BCUT2D eigenvalue weighted by atomic mass is 16.3. The smallest absolute Gasteiger partial charge is 0.291 e. The minimum absolute atomic E-state index is 0.0568. The van der Waals surface area contributed by atoms with Crippen LogP contribution in [-0.2, 0) is 0 Å². The molecule has 1 aliphatic heterocycles. The van der Waals surface area contributed by atoms with Crippen molar-refractivity contribution in [1.29, 1.82) is 0 Å². The van der Waals surface area contributed by atoms with Crippen LogP contribution in [0.15, 0.2) is 0 Å². The fourth-order valence-electron chi connectivity index (χ4n) is 2.16. The first kappa shape index (κ1) is 9.59. The molecule has 1 aromatic heterocycles. The molecule has 2 aliphatic rings. The van der Waals surface area contributed by atoms with Gasteiger partial charge in [-0.15, -0.1) is 5.10 Å². The average molecular weight is 223 g/mol. The Morgan fingerprint density at radius 2 is 2.25 bits per heavy atom. The lowest BCUT2D eigenvalue weighted by atomic mass is 9.88. The highest BCUT2D eigenvalue weighted by molar-refractivity contribution is 5.91. The van der Waals surface area contributed by atoms with Crippen LogP contribution in [0.3, 0.4) is 0 Å². The van der Waals surface area contributed by atoms with Gasteiger partial charge in [-0.2, -0.15) is 4.98 Å². The number of nitrogen functional groups attached to an aromatic ring is 1. The maximum atomic E-state index is 11.8. The van der Waals surface area contributed by atoms with E-state index in [4.69, 9.17) is 5.73 Å². The van der Waals surface area contributed by atoms with Gasteiger partial charge in [0.25, 0.3) is 5.91 Å². The summed E-state index contributed by atoms with van der Waals surface area (Å²) in [5, 5.41) is 16.1. The van der Waals surface area contributed by atoms with E-state index in [1.807, 2.05) is 0 Å². The average Bonchev–Trinajstić information content (AvgIpc) is 2.96. The number of carbonyl (C=O) groups is 1. The van der Waals surface area contributed by atoms with Gasteiger partial charge in [0.15, 0.2) is 0 Å². The van der Waals surface area contributed by atoms with Gasteiger partial charge in [-0.3, -0.25) is 9.89 Å². The number of H-pyrrole nitrogens is 1. The molecule has 1 aliphatic carbocycles. The van der Waals surface area contributed by atoms with Crippen LogP contribution < -0.4 is 5.73 Å². The molecule has 0 unspecified atom stereocenters. The standard InChI is InChI=1S/C9H13N5O2/c10-8-11-6(12-13-8)7(15)14-3-9(16,4-14)5-1-2-5/h5,16H,1-4H2,(H3,10,11,12,13). The number of carbonyl (C=O) groups excluding carboxylic acids is 1. The molecule has 1 amide bonds. The molecule has 1 saturated heterocycles. The molecule has 2 heterocycles. The number of likely N-dealkylation sites (tertiary alicyclic amines) is 1. The van der Waals surface area contributed by atoms with E-state index in [0.717, 1.165) is 12.8 Å². The minimum atomic E-state index is -0.665. The second-order valence-electron chi connectivity index (χ2n) is 4.58. The number of aromatic amines is 1. The zero-order chi connectivity index (χ0) is 11.3. The first-order valence-electron chi connectivity index (χ1n) is 5.28. The summed E-state index contributed by atoms with van der Waals surface area (Å²) in [6, 6.07) is 0. The minimum Gasteiger partial charge on any atom is -0.386 e. The number of hydrogen-bond acceptors (Lipinski definition) is 5. The van der Waals surface area contributed by atoms with E-state index in [0.29, 0.717) is 19.0 Å². The Kier molecular flexibility index (Phi) is 1.76. The predicted molar refractivity (Wildman–Crippen MR) is 54.4 cm³/mol. The molecule has 0 radical (unpaired) electrons. The second-order valence-corrected chi connectivity index (χ2v) is 4.58. The fraction of sp³-hybridized carbons (Fsp3) is 0.667. The lowest BCUT2D eigenvalue weighted by molar-refractivity contribution is -0.0961. The number of nitrogens with zero attached hydrogens (tertiary/aromatic N) is 3. The van der Waals surface area contributed by atoms with Crippen molar-refractivity contribution in [3.05, 3.63) is 5.82 Å². The first-order chi connectivity index (χ1) is 7.58. The van der Waals surface area contributed by atoms with E-state index >= 15 is 0 Å². The Hall–Kier alpha value is -1.63. The molecule has 0 aromatic carbocycles. The van der Waals surface area contributed by atoms with Gasteiger partial charge in [-0.05, 0) is 18.8 Å². The van der Waals surface area contributed by atoms with Crippen molar-refractivity contribution >= 4 is 11.9 Å². The van der Waals surface area contributed by atoms with Crippen LogP contribution in [0.2, 0.25) is 0 Å². The van der Waals surface area contributed by atoms with Crippen molar-refractivity contribution in [3.8, 4) is 0 Å². The van der Waals surface area contributed by atoms with Crippen LogP contribution in [0.1, 0.15) is 23.5 Å². The van der Waals surface area contributed by atoms with Crippen molar-refractivity contribution in [2.24, 2.45) is 5.92 Å². The Bertz CT molecular complexity index is 433. The monoisotopic (exact) mass is 223 g/mol. The van der Waals surface area contributed by atoms with Crippen molar-refractivity contribution in [1.82, 2.24) is 20.1 Å². The molecule has 0 atom stereocenters. The quantitative estimate of drug-likeness (QED) is 0.595. The molecule has 86 valence electrons. The van der Waals surface area contributed by atoms with Gasteiger partial charge >= 0.3 is 0 Å². The Morgan fingerprint density at radius 1 is 1.56 bits per heavy atom. The van der Waals surface area contributed by atoms with Crippen LogP contribution in [0.25, 0.3) is 0 Å². The highest BCUT2D eigenvalue weighted by Crippen LogP contribution is 2.44. The van der Waals surface area contributed by atoms with E-state index in [-0.39, 0.29) is 17.7 Å². The van der Waals surface area contributed by atoms with E-state index in [2.05, 4.69) is 15.2 Å². The lowest BCUT2D eigenvalue weighted by Gasteiger charge is -2.46. The van der Waals surface area contributed by atoms with Gasteiger partial charge in [0.1, 0.15) is 5.60 Å². The summed E-state index contributed by atoms with van der Waals surface area (Å²) >= 11 is 0. The van der Waals surface area contributed by atoms with Gasteiger partial charge in [0.05, 0.1) is 13.1 Å². The third-order valence-corrected chi connectivity index (χ3v) is 3.26. The van der Waals surface area contributed by atoms with Crippen LogP contribution in [0.5, 0.6) is 0 Å². The van der Waals surface area contributed by atoms with Gasteiger partial charge in [0.2, 0.25) is 11.8 Å². The number of amides is 1. The molecule has 7 nitrogen and oxygen atoms in total. The SMILES string of the molecule is Nc1n[nH]c(C(=O)N2CC(O)(C3CC3)C2)n1. The van der Waals surface area contributed by atoms with Crippen LogP contribution >= 0.6 is 0 Å². The maximum Gasteiger partial charge on any atom is 0.291 e. The lowest BCUT2D eigenvalue weighted by Crippen LogP contribution is -2.64. The molecule has 4 N–H and O–H groups in total. The van der Waals surface area contributed by atoms with Crippen molar-refractivity contribution < 1.29 is 9.90 Å². The van der Waals surface area contributed by atoms with Gasteiger partial charge in [-0.1, -0.05) is 0 Å². The first-order valence-corrected chi connectivity index (χ1v) is 5.28. The highest BCUT2D eigenvalue weighted by Gasteiger charge is 2.53. The summed E-state index contributed by atoms with van der Waals surface area (Å²) in [6.45, 7) is 0.772. The van der Waals surface area contributed by atoms with Crippen molar-refractivity contribution in [2.45, 2.75) is 18.4 Å². The summed E-state index contributed by atoms with van der Waals surface area (Å²) in [7, 11) is 0. The molecule has 2 fully saturated rings. The van der Waals surface area contributed by atoms with Gasteiger partial charge in [0, 0.05) is 0 Å². The summed E-state index contributed by atoms with van der Waals surface area (Å²) in [5.41, 5.74) is 4.65. The fourth-order valence-corrected chi connectivity index (χ4v) is 2.16. The Balaban J connectivity index is 1.66. The molecular weight excluding hydrogens is 210 g/mol. The van der Waals surface area contributed by atoms with E-state index in [1.54, 1.807) is 4.90 Å². The Labute approximate surface area is 91.6 Å². The topological polar surface area (TPSA) is 108 Å². The molecule has 0 bridgehead atoms. The second kappa shape index (κ2) is 2.94. The van der Waals surface area contributed by atoms with E-state index < -0.39 is 5.60 Å². The number of hydrogen-bond donors (Lipinski definition) is 3. The summed E-state index contributed by atoms with van der Waals surface area (Å²) < 4.78 is 0. The third kappa shape index (κ3) is 1.35. The van der Waals surface area contributed by atoms with Crippen LogP contribution in [-0.4, -0.2) is 49.8 Å². The van der Waals surface area contributed by atoms with Crippen molar-refractivity contribution in [3.63, 3.8) is 0 Å². The predicted octanol–water partition coefficient (Wildman–Crippen LogP) is -1.02. The zero-order valence-electron chi connectivity index (χ0n) is 8.68. The van der Waals surface area contributed by atoms with Crippen LogP contribution in [0.4, 0.5) is 5.95 Å². The summed E-state index contributed by atoms with van der Waals surface area (Å²) in [4.78, 5) is 17.1. The maximum absolute atomic E-state index is 11.8.